The van der Waals surface area contributed by atoms with Gasteiger partial charge in [-0.3, -0.25) is 4.99 Å². The first-order valence-electron chi connectivity index (χ1n) is 11.1. The molecule has 0 radical (unpaired) electrons. The van der Waals surface area contributed by atoms with Crippen LogP contribution in [0.5, 0.6) is 0 Å². The van der Waals surface area contributed by atoms with Crippen molar-refractivity contribution in [2.75, 3.05) is 33.3 Å². The number of ether oxygens (including phenoxy) is 1. The first-order chi connectivity index (χ1) is 13.7. The van der Waals surface area contributed by atoms with Crippen LogP contribution < -0.4 is 10.6 Å². The van der Waals surface area contributed by atoms with E-state index in [1.807, 2.05) is 7.05 Å². The number of hydrogen-bond donors (Lipinski definition) is 2. The van der Waals surface area contributed by atoms with Crippen molar-refractivity contribution in [1.82, 2.24) is 15.5 Å². The number of guanidine groups is 1. The Bertz CT molecular complexity index is 629. The summed E-state index contributed by atoms with van der Waals surface area (Å²) in [7, 11) is 1.86. The first-order valence-corrected chi connectivity index (χ1v) is 11.1. The van der Waals surface area contributed by atoms with Crippen LogP contribution in [0, 0.1) is 0 Å². The highest BCUT2D eigenvalue weighted by atomic mass is 127. The average Bonchev–Trinajstić information content (AvgIpc) is 2.73. The van der Waals surface area contributed by atoms with Gasteiger partial charge in [-0.2, -0.15) is 0 Å². The van der Waals surface area contributed by atoms with E-state index < -0.39 is 0 Å². The molecule has 0 spiro atoms. The molecule has 0 saturated carbocycles. The number of aryl methyl sites for hydroxylation is 1. The third-order valence-electron chi connectivity index (χ3n) is 6.07. The van der Waals surface area contributed by atoms with E-state index in [1.54, 1.807) is 0 Å². The molecule has 0 bridgehead atoms. The van der Waals surface area contributed by atoms with E-state index in [0.717, 1.165) is 32.0 Å². The highest BCUT2D eigenvalue weighted by Crippen LogP contribution is 2.32. The van der Waals surface area contributed by atoms with Crippen LogP contribution in [-0.2, 0) is 11.2 Å². The molecule has 1 saturated heterocycles. The first kappa shape index (κ1) is 24.4. The lowest BCUT2D eigenvalue weighted by Crippen LogP contribution is -2.50. The standard InChI is InChI=1S/C23H38N4O.HI/c1-18(2)27-15-12-20(13-16-27)26-23(24-3)25-14-7-17-28-22-11-6-9-19-8-4-5-10-21(19)22;/h4-5,8,10,18,20,22H,6-7,9,11-17H2,1-3H3,(H2,24,25,26);1H. The molecule has 0 aromatic heterocycles. The number of fused-ring (bicyclic) bond motifs is 1. The summed E-state index contributed by atoms with van der Waals surface area (Å²) in [5, 5.41) is 7.04. The molecule has 29 heavy (non-hydrogen) atoms. The van der Waals surface area contributed by atoms with Crippen LogP contribution in [0.25, 0.3) is 0 Å². The Balaban J connectivity index is 0.00000300. The number of aliphatic imine (C=N–C) groups is 1. The van der Waals surface area contributed by atoms with Crippen LogP contribution in [0.2, 0.25) is 0 Å². The quantitative estimate of drug-likeness (QED) is 0.249. The zero-order valence-corrected chi connectivity index (χ0v) is 20.7. The van der Waals surface area contributed by atoms with Gasteiger partial charge in [0, 0.05) is 45.4 Å². The summed E-state index contributed by atoms with van der Waals surface area (Å²) in [4.78, 5) is 6.94. The zero-order valence-electron chi connectivity index (χ0n) is 18.3. The fraction of sp³-hybridized carbons (Fsp3) is 0.696. The van der Waals surface area contributed by atoms with Gasteiger partial charge < -0.3 is 20.3 Å². The second kappa shape index (κ2) is 12.7. The van der Waals surface area contributed by atoms with E-state index >= 15 is 0 Å². The molecule has 1 fully saturated rings. The maximum Gasteiger partial charge on any atom is 0.191 e. The highest BCUT2D eigenvalue weighted by molar-refractivity contribution is 14.0. The smallest absolute Gasteiger partial charge is 0.191 e. The van der Waals surface area contributed by atoms with Crippen molar-refractivity contribution in [1.29, 1.82) is 0 Å². The highest BCUT2D eigenvalue weighted by Gasteiger charge is 2.22. The van der Waals surface area contributed by atoms with Crippen molar-refractivity contribution < 1.29 is 4.74 Å². The Morgan fingerprint density at radius 3 is 2.69 bits per heavy atom. The number of nitrogens with one attached hydrogen (secondary N) is 2. The molecule has 1 aromatic carbocycles. The van der Waals surface area contributed by atoms with Gasteiger partial charge in [-0.15, -0.1) is 24.0 Å². The van der Waals surface area contributed by atoms with Crippen molar-refractivity contribution in [3.05, 3.63) is 35.4 Å². The minimum Gasteiger partial charge on any atom is -0.373 e. The lowest BCUT2D eigenvalue weighted by Gasteiger charge is -2.35. The number of nitrogens with zero attached hydrogens (tertiary/aromatic N) is 2. The number of piperidine rings is 1. The van der Waals surface area contributed by atoms with Gasteiger partial charge in [-0.25, -0.2) is 0 Å². The summed E-state index contributed by atoms with van der Waals surface area (Å²) in [6, 6.07) is 9.91. The Hall–Kier alpha value is -0.860. The van der Waals surface area contributed by atoms with Crippen molar-refractivity contribution in [3.8, 4) is 0 Å². The van der Waals surface area contributed by atoms with Crippen LogP contribution in [0.1, 0.15) is 63.2 Å². The molecular formula is C23H39IN4O. The van der Waals surface area contributed by atoms with E-state index in [2.05, 4.69) is 58.6 Å². The summed E-state index contributed by atoms with van der Waals surface area (Å²) in [5.74, 6) is 0.922. The van der Waals surface area contributed by atoms with Gasteiger partial charge in [-0.1, -0.05) is 24.3 Å². The third kappa shape index (κ3) is 7.40. The molecule has 0 amide bonds. The van der Waals surface area contributed by atoms with Crippen molar-refractivity contribution in [2.45, 2.75) is 70.6 Å². The SMILES string of the molecule is CN=C(NCCCOC1CCCc2ccccc21)NC1CCN(C(C)C)CC1.I. The number of benzene rings is 1. The number of rotatable bonds is 7. The second-order valence-electron chi connectivity index (χ2n) is 8.35. The summed E-state index contributed by atoms with van der Waals surface area (Å²) < 4.78 is 6.20. The second-order valence-corrected chi connectivity index (χ2v) is 8.35. The van der Waals surface area contributed by atoms with E-state index in [9.17, 15) is 0 Å². The van der Waals surface area contributed by atoms with Crippen LogP contribution >= 0.6 is 24.0 Å². The van der Waals surface area contributed by atoms with Crippen molar-refractivity contribution in [3.63, 3.8) is 0 Å². The fourth-order valence-corrected chi connectivity index (χ4v) is 4.34. The Morgan fingerprint density at radius 2 is 1.97 bits per heavy atom. The summed E-state index contributed by atoms with van der Waals surface area (Å²) in [5.41, 5.74) is 2.86. The molecule has 1 aliphatic carbocycles. The largest absolute Gasteiger partial charge is 0.373 e. The van der Waals surface area contributed by atoms with Gasteiger partial charge >= 0.3 is 0 Å². The van der Waals surface area contributed by atoms with Crippen LogP contribution in [0.15, 0.2) is 29.3 Å². The van der Waals surface area contributed by atoms with E-state index in [0.29, 0.717) is 12.1 Å². The minimum absolute atomic E-state index is 0. The molecule has 6 heteroatoms. The van der Waals surface area contributed by atoms with Crippen LogP contribution in [0.3, 0.4) is 0 Å². The molecule has 1 heterocycles. The molecular weight excluding hydrogens is 475 g/mol. The summed E-state index contributed by atoms with van der Waals surface area (Å²) >= 11 is 0. The van der Waals surface area contributed by atoms with E-state index in [4.69, 9.17) is 4.74 Å². The maximum absolute atomic E-state index is 6.20. The number of hydrogen-bond acceptors (Lipinski definition) is 3. The molecule has 5 nitrogen and oxygen atoms in total. The van der Waals surface area contributed by atoms with Crippen molar-refractivity contribution in [2.24, 2.45) is 4.99 Å². The topological polar surface area (TPSA) is 48.9 Å². The summed E-state index contributed by atoms with van der Waals surface area (Å²) in [6.45, 7) is 8.57. The molecule has 1 aromatic rings. The zero-order chi connectivity index (χ0) is 19.8. The van der Waals surface area contributed by atoms with Gasteiger partial charge in [0.25, 0.3) is 0 Å². The lowest BCUT2D eigenvalue weighted by molar-refractivity contribution is 0.0398. The Labute approximate surface area is 194 Å². The Kier molecular flexibility index (Phi) is 10.7. The lowest BCUT2D eigenvalue weighted by atomic mass is 9.89. The molecule has 1 unspecified atom stereocenters. The Morgan fingerprint density at radius 1 is 1.21 bits per heavy atom. The molecule has 2 aliphatic rings. The number of likely N-dealkylation sites (tertiary alicyclic amines) is 1. The van der Waals surface area contributed by atoms with Crippen molar-refractivity contribution >= 4 is 29.9 Å². The van der Waals surface area contributed by atoms with Gasteiger partial charge in [0.15, 0.2) is 5.96 Å². The van der Waals surface area contributed by atoms with E-state index in [1.165, 1.54) is 49.9 Å². The van der Waals surface area contributed by atoms with Crippen LogP contribution in [0.4, 0.5) is 0 Å². The molecule has 1 atom stereocenters. The van der Waals surface area contributed by atoms with Gasteiger partial charge in [-0.05, 0) is 63.5 Å². The molecule has 2 N–H and O–H groups in total. The normalized spacial score (nSPS) is 20.8. The average molecular weight is 514 g/mol. The third-order valence-corrected chi connectivity index (χ3v) is 6.07. The molecule has 1 aliphatic heterocycles. The predicted octanol–water partition coefficient (Wildman–Crippen LogP) is 4.13. The van der Waals surface area contributed by atoms with Gasteiger partial charge in [0.1, 0.15) is 0 Å². The molecule has 3 rings (SSSR count). The van der Waals surface area contributed by atoms with Crippen LogP contribution in [-0.4, -0.2) is 56.2 Å². The molecule has 164 valence electrons. The predicted molar refractivity (Wildman–Crippen MR) is 132 cm³/mol. The number of halogens is 1. The fourth-order valence-electron chi connectivity index (χ4n) is 4.34. The van der Waals surface area contributed by atoms with Gasteiger partial charge in [0.05, 0.1) is 6.10 Å². The minimum atomic E-state index is 0. The van der Waals surface area contributed by atoms with Gasteiger partial charge in [0.2, 0.25) is 0 Å². The summed E-state index contributed by atoms with van der Waals surface area (Å²) in [6.07, 6.45) is 7.19. The monoisotopic (exact) mass is 514 g/mol. The van der Waals surface area contributed by atoms with E-state index in [-0.39, 0.29) is 30.1 Å². The maximum atomic E-state index is 6.20.